The Hall–Kier alpha value is -0.560. The standard InChI is InChI=1S/C7H10O5S2/c8-13(9)5-1-2-6(13)7-3-4-12-14(7,10)11/h3-4,6-7H,1-2,5H2. The number of hydrogen-bond acceptors (Lipinski definition) is 5. The highest BCUT2D eigenvalue weighted by Gasteiger charge is 2.45. The van der Waals surface area contributed by atoms with Crippen molar-refractivity contribution >= 4 is 20.0 Å². The first kappa shape index (κ1) is 9.97. The van der Waals surface area contributed by atoms with E-state index in [0.717, 1.165) is 6.26 Å². The van der Waals surface area contributed by atoms with Gasteiger partial charge < -0.3 is 4.18 Å². The molecule has 2 heterocycles. The quantitative estimate of drug-likeness (QED) is 0.591. The van der Waals surface area contributed by atoms with Crippen molar-refractivity contribution < 1.29 is 21.0 Å². The highest BCUT2D eigenvalue weighted by Crippen LogP contribution is 2.30. The molecule has 14 heavy (non-hydrogen) atoms. The molecule has 0 aromatic rings. The van der Waals surface area contributed by atoms with E-state index in [4.69, 9.17) is 0 Å². The summed E-state index contributed by atoms with van der Waals surface area (Å²) in [6.07, 6.45) is 3.30. The first-order chi connectivity index (χ1) is 6.43. The van der Waals surface area contributed by atoms with Gasteiger partial charge in [-0.05, 0) is 18.9 Å². The number of sulfone groups is 1. The summed E-state index contributed by atoms with van der Waals surface area (Å²) in [7, 11) is -6.98. The molecule has 7 heteroatoms. The largest absolute Gasteiger partial charge is 0.390 e. The summed E-state index contributed by atoms with van der Waals surface area (Å²) in [4.78, 5) is 0. The molecule has 0 aliphatic carbocycles. The average Bonchev–Trinajstić information content (AvgIpc) is 2.53. The van der Waals surface area contributed by atoms with Gasteiger partial charge in [0.25, 0.3) is 0 Å². The average molecular weight is 238 g/mol. The molecule has 0 spiro atoms. The third-order valence-corrected chi connectivity index (χ3v) is 6.55. The van der Waals surface area contributed by atoms with E-state index in [1.165, 1.54) is 6.08 Å². The van der Waals surface area contributed by atoms with Crippen LogP contribution < -0.4 is 0 Å². The summed E-state index contributed by atoms with van der Waals surface area (Å²) in [5.41, 5.74) is 0. The van der Waals surface area contributed by atoms with Crippen molar-refractivity contribution in [2.24, 2.45) is 0 Å². The molecule has 2 atom stereocenters. The summed E-state index contributed by atoms with van der Waals surface area (Å²) >= 11 is 0. The van der Waals surface area contributed by atoms with Crippen LogP contribution in [0.25, 0.3) is 0 Å². The van der Waals surface area contributed by atoms with Crippen molar-refractivity contribution in [1.82, 2.24) is 0 Å². The fourth-order valence-corrected chi connectivity index (χ4v) is 5.77. The van der Waals surface area contributed by atoms with E-state index in [1.54, 1.807) is 0 Å². The van der Waals surface area contributed by atoms with Crippen molar-refractivity contribution in [2.75, 3.05) is 5.75 Å². The maximum absolute atomic E-state index is 11.5. The maximum atomic E-state index is 11.5. The Kier molecular flexibility index (Phi) is 2.11. The lowest BCUT2D eigenvalue weighted by Gasteiger charge is -2.13. The molecule has 0 radical (unpaired) electrons. The van der Waals surface area contributed by atoms with E-state index < -0.39 is 30.5 Å². The van der Waals surface area contributed by atoms with E-state index in [0.29, 0.717) is 12.8 Å². The lowest BCUT2D eigenvalue weighted by Crippen LogP contribution is -2.33. The first-order valence-electron chi connectivity index (χ1n) is 4.24. The highest BCUT2D eigenvalue weighted by molar-refractivity contribution is 7.94. The van der Waals surface area contributed by atoms with Crippen molar-refractivity contribution in [3.8, 4) is 0 Å². The third-order valence-electron chi connectivity index (χ3n) is 2.54. The van der Waals surface area contributed by atoms with Crippen molar-refractivity contribution in [3.63, 3.8) is 0 Å². The lowest BCUT2D eigenvalue weighted by molar-refractivity contribution is 0.450. The zero-order chi connectivity index (χ0) is 10.4. The van der Waals surface area contributed by atoms with E-state index in [-0.39, 0.29) is 5.75 Å². The van der Waals surface area contributed by atoms with Gasteiger partial charge in [-0.2, -0.15) is 8.42 Å². The molecule has 2 aliphatic rings. The Morgan fingerprint density at radius 1 is 1.21 bits per heavy atom. The minimum atomic E-state index is -3.73. The Morgan fingerprint density at radius 3 is 2.36 bits per heavy atom. The Balaban J connectivity index is 2.37. The van der Waals surface area contributed by atoms with Crippen LogP contribution in [0, 0.1) is 0 Å². The van der Waals surface area contributed by atoms with Crippen LogP contribution in [0.5, 0.6) is 0 Å². The van der Waals surface area contributed by atoms with Gasteiger partial charge in [0, 0.05) is 0 Å². The lowest BCUT2D eigenvalue weighted by atomic mass is 10.2. The molecular weight excluding hydrogens is 228 g/mol. The van der Waals surface area contributed by atoms with Crippen LogP contribution in [-0.2, 0) is 24.1 Å². The maximum Gasteiger partial charge on any atom is 0.316 e. The second kappa shape index (κ2) is 2.96. The fourth-order valence-electron chi connectivity index (χ4n) is 1.84. The van der Waals surface area contributed by atoms with Gasteiger partial charge in [0.05, 0.1) is 11.0 Å². The third kappa shape index (κ3) is 1.44. The zero-order valence-electron chi connectivity index (χ0n) is 7.29. The molecule has 1 saturated heterocycles. The highest BCUT2D eigenvalue weighted by atomic mass is 32.2. The van der Waals surface area contributed by atoms with Crippen molar-refractivity contribution in [3.05, 3.63) is 12.3 Å². The Morgan fingerprint density at radius 2 is 1.93 bits per heavy atom. The predicted octanol–water partition coefficient (Wildman–Crippen LogP) is -0.194. The summed E-state index contributed by atoms with van der Waals surface area (Å²) in [5, 5.41) is -1.82. The SMILES string of the molecule is O=S1(=O)CCCC1C1C=COS1(=O)=O. The van der Waals surface area contributed by atoms with Crippen LogP contribution >= 0.6 is 0 Å². The summed E-state index contributed by atoms with van der Waals surface area (Å²) < 4.78 is 49.9. The van der Waals surface area contributed by atoms with Gasteiger partial charge in [-0.25, -0.2) is 8.42 Å². The van der Waals surface area contributed by atoms with Gasteiger partial charge in [-0.3, -0.25) is 0 Å². The van der Waals surface area contributed by atoms with E-state index in [1.807, 2.05) is 0 Å². The van der Waals surface area contributed by atoms with Crippen LogP contribution in [0.2, 0.25) is 0 Å². The molecule has 2 aliphatic heterocycles. The van der Waals surface area contributed by atoms with Gasteiger partial charge in [0.1, 0.15) is 11.5 Å². The smallest absolute Gasteiger partial charge is 0.316 e. The molecule has 0 amide bonds. The van der Waals surface area contributed by atoms with Crippen LogP contribution in [0.15, 0.2) is 12.3 Å². The molecule has 2 unspecified atom stereocenters. The van der Waals surface area contributed by atoms with Crippen molar-refractivity contribution in [2.45, 2.75) is 23.3 Å². The van der Waals surface area contributed by atoms with Gasteiger partial charge >= 0.3 is 10.1 Å². The second-order valence-electron chi connectivity index (χ2n) is 3.43. The van der Waals surface area contributed by atoms with Gasteiger partial charge in [-0.1, -0.05) is 0 Å². The van der Waals surface area contributed by atoms with Gasteiger partial charge in [0.2, 0.25) is 0 Å². The Bertz CT molecular complexity index is 458. The molecule has 0 aromatic heterocycles. The van der Waals surface area contributed by atoms with E-state index >= 15 is 0 Å². The van der Waals surface area contributed by atoms with Crippen LogP contribution in [0.3, 0.4) is 0 Å². The molecule has 80 valence electrons. The molecule has 0 N–H and O–H groups in total. The summed E-state index contributed by atoms with van der Waals surface area (Å²) in [5.74, 6) is 0.0809. The Labute approximate surface area is 82.8 Å². The molecular formula is C7H10O5S2. The minimum Gasteiger partial charge on any atom is -0.390 e. The topological polar surface area (TPSA) is 77.5 Å². The van der Waals surface area contributed by atoms with E-state index in [2.05, 4.69) is 4.18 Å². The summed E-state index contributed by atoms with van der Waals surface area (Å²) in [6.45, 7) is 0. The van der Waals surface area contributed by atoms with Gasteiger partial charge in [-0.15, -0.1) is 0 Å². The van der Waals surface area contributed by atoms with Crippen molar-refractivity contribution in [1.29, 1.82) is 0 Å². The molecule has 5 nitrogen and oxygen atoms in total. The number of rotatable bonds is 1. The number of hydrogen-bond donors (Lipinski definition) is 0. The van der Waals surface area contributed by atoms with E-state index in [9.17, 15) is 16.8 Å². The van der Waals surface area contributed by atoms with Crippen LogP contribution in [0.1, 0.15) is 12.8 Å². The zero-order valence-corrected chi connectivity index (χ0v) is 8.92. The molecule has 0 bridgehead atoms. The fraction of sp³-hybridized carbons (Fsp3) is 0.714. The molecule has 2 rings (SSSR count). The van der Waals surface area contributed by atoms with Crippen LogP contribution in [-0.4, -0.2) is 33.1 Å². The first-order valence-corrected chi connectivity index (χ1v) is 7.42. The molecule has 0 aromatic carbocycles. The molecule has 0 saturated carbocycles. The predicted molar refractivity (Wildman–Crippen MR) is 49.7 cm³/mol. The summed E-state index contributed by atoms with van der Waals surface area (Å²) in [6, 6.07) is 0. The van der Waals surface area contributed by atoms with Gasteiger partial charge in [0.15, 0.2) is 9.84 Å². The van der Waals surface area contributed by atoms with Crippen LogP contribution in [0.4, 0.5) is 0 Å². The monoisotopic (exact) mass is 238 g/mol. The minimum absolute atomic E-state index is 0.0809. The normalized spacial score (nSPS) is 38.3. The second-order valence-corrected chi connectivity index (χ2v) is 7.49. The molecule has 1 fully saturated rings.